The summed E-state index contributed by atoms with van der Waals surface area (Å²) in [6, 6.07) is 14.6. The maximum absolute atomic E-state index is 12.1. The molecule has 0 aliphatic heterocycles. The maximum Gasteiger partial charge on any atom is 0.272 e. The predicted molar refractivity (Wildman–Crippen MR) is 93.8 cm³/mol. The summed E-state index contributed by atoms with van der Waals surface area (Å²) in [4.78, 5) is 4.14. The van der Waals surface area contributed by atoms with E-state index in [-0.39, 0.29) is 10.0 Å². The largest absolute Gasteiger partial charge is 0.354 e. The molecule has 23 heavy (non-hydrogen) atoms. The van der Waals surface area contributed by atoms with Gasteiger partial charge in [-0.25, -0.2) is 13.4 Å². The normalized spacial score (nSPS) is 11.2. The fourth-order valence-electron chi connectivity index (χ4n) is 2.02. The lowest BCUT2D eigenvalue weighted by Gasteiger charge is -2.09. The van der Waals surface area contributed by atoms with Gasteiger partial charge in [0.2, 0.25) is 0 Å². The van der Waals surface area contributed by atoms with Crippen LogP contribution in [-0.4, -0.2) is 13.4 Å². The summed E-state index contributed by atoms with van der Waals surface area (Å²) >= 11 is 1.16. The van der Waals surface area contributed by atoms with Gasteiger partial charge in [0.05, 0.1) is 11.9 Å². The third-order valence-electron chi connectivity index (χ3n) is 3.07. The summed E-state index contributed by atoms with van der Waals surface area (Å²) < 4.78 is 27.0. The van der Waals surface area contributed by atoms with Gasteiger partial charge in [-0.15, -0.1) is 11.3 Å². The number of sulfonamides is 1. The highest BCUT2D eigenvalue weighted by atomic mass is 32.2. The topological polar surface area (TPSA) is 71.1 Å². The van der Waals surface area contributed by atoms with Crippen LogP contribution in [0, 0.1) is 6.92 Å². The molecule has 0 fully saturated rings. The standard InChI is InChI=1S/C16H15N3O2S2/c1-12-4-2-5-13(10-12)18-14-7-8-15(17-11-14)19-23(20,21)16-6-3-9-22-16/h2-11,18H,1H3,(H,17,19). The number of aryl methyl sites for hydroxylation is 1. The molecule has 3 rings (SSSR count). The minimum atomic E-state index is -3.56. The molecule has 0 aliphatic carbocycles. The maximum atomic E-state index is 12.1. The first-order chi connectivity index (χ1) is 11.0. The van der Waals surface area contributed by atoms with Gasteiger partial charge in [-0.05, 0) is 48.2 Å². The fraction of sp³-hybridized carbons (Fsp3) is 0.0625. The van der Waals surface area contributed by atoms with Crippen LogP contribution in [-0.2, 0) is 10.0 Å². The first-order valence-corrected chi connectivity index (χ1v) is 9.25. The van der Waals surface area contributed by atoms with Crippen LogP contribution in [0.4, 0.5) is 17.2 Å². The van der Waals surface area contributed by atoms with Crippen LogP contribution >= 0.6 is 11.3 Å². The third-order valence-corrected chi connectivity index (χ3v) is 5.82. The van der Waals surface area contributed by atoms with Crippen molar-refractivity contribution in [1.29, 1.82) is 0 Å². The number of benzene rings is 1. The molecule has 3 aromatic rings. The molecule has 0 atom stereocenters. The van der Waals surface area contributed by atoms with Crippen molar-refractivity contribution in [2.24, 2.45) is 0 Å². The van der Waals surface area contributed by atoms with Crippen LogP contribution in [0.3, 0.4) is 0 Å². The number of rotatable bonds is 5. The molecule has 0 radical (unpaired) electrons. The van der Waals surface area contributed by atoms with Crippen LogP contribution in [0.5, 0.6) is 0 Å². The molecule has 7 heteroatoms. The Hall–Kier alpha value is -2.38. The summed E-state index contributed by atoms with van der Waals surface area (Å²) in [5, 5.41) is 4.94. The first kappa shape index (κ1) is 15.5. The average molecular weight is 345 g/mol. The molecule has 0 bridgehead atoms. The molecule has 0 unspecified atom stereocenters. The van der Waals surface area contributed by atoms with E-state index in [1.807, 2.05) is 31.2 Å². The van der Waals surface area contributed by atoms with Gasteiger partial charge in [0.15, 0.2) is 0 Å². The van der Waals surface area contributed by atoms with Crippen molar-refractivity contribution in [3.05, 3.63) is 65.7 Å². The van der Waals surface area contributed by atoms with E-state index in [9.17, 15) is 8.42 Å². The smallest absolute Gasteiger partial charge is 0.272 e. The minimum Gasteiger partial charge on any atom is -0.354 e. The fourth-order valence-corrected chi connectivity index (χ4v) is 4.02. The van der Waals surface area contributed by atoms with Gasteiger partial charge in [0, 0.05) is 5.69 Å². The second-order valence-corrected chi connectivity index (χ2v) is 7.82. The zero-order valence-electron chi connectivity index (χ0n) is 12.4. The van der Waals surface area contributed by atoms with Gasteiger partial charge in [0.1, 0.15) is 10.0 Å². The third kappa shape index (κ3) is 3.88. The quantitative estimate of drug-likeness (QED) is 0.733. The van der Waals surface area contributed by atoms with Crippen molar-refractivity contribution in [3.63, 3.8) is 0 Å². The summed E-state index contributed by atoms with van der Waals surface area (Å²) in [7, 11) is -3.56. The van der Waals surface area contributed by atoms with Gasteiger partial charge in [0.25, 0.3) is 10.0 Å². The van der Waals surface area contributed by atoms with Crippen LogP contribution < -0.4 is 10.0 Å². The van der Waals surface area contributed by atoms with E-state index in [0.717, 1.165) is 28.3 Å². The Bertz CT molecular complexity index is 889. The van der Waals surface area contributed by atoms with Gasteiger partial charge in [-0.3, -0.25) is 4.72 Å². The lowest BCUT2D eigenvalue weighted by Crippen LogP contribution is -2.12. The molecule has 0 amide bonds. The van der Waals surface area contributed by atoms with Gasteiger partial charge in [-0.1, -0.05) is 18.2 Å². The van der Waals surface area contributed by atoms with Crippen LogP contribution in [0.15, 0.2) is 64.3 Å². The number of aromatic nitrogens is 1. The number of pyridine rings is 1. The van der Waals surface area contributed by atoms with E-state index in [2.05, 4.69) is 15.0 Å². The zero-order valence-corrected chi connectivity index (χ0v) is 14.0. The van der Waals surface area contributed by atoms with E-state index in [4.69, 9.17) is 0 Å². The van der Waals surface area contributed by atoms with E-state index in [1.54, 1.807) is 35.8 Å². The average Bonchev–Trinajstić information content (AvgIpc) is 3.04. The van der Waals surface area contributed by atoms with E-state index in [1.165, 1.54) is 0 Å². The molecule has 0 saturated carbocycles. The molecule has 118 valence electrons. The number of anilines is 3. The lowest BCUT2D eigenvalue weighted by molar-refractivity contribution is 0.603. The SMILES string of the molecule is Cc1cccc(Nc2ccc(NS(=O)(=O)c3cccs3)nc2)c1. The molecule has 0 spiro atoms. The minimum absolute atomic E-state index is 0.265. The van der Waals surface area contributed by atoms with Crippen molar-refractivity contribution in [1.82, 2.24) is 4.98 Å². The highest BCUT2D eigenvalue weighted by molar-refractivity contribution is 7.94. The van der Waals surface area contributed by atoms with E-state index in [0.29, 0.717) is 0 Å². The molecule has 2 heterocycles. The van der Waals surface area contributed by atoms with Crippen LogP contribution in [0.2, 0.25) is 0 Å². The zero-order chi connectivity index (χ0) is 16.3. The number of thiophene rings is 1. The first-order valence-electron chi connectivity index (χ1n) is 6.89. The molecule has 5 nitrogen and oxygen atoms in total. The highest BCUT2D eigenvalue weighted by Crippen LogP contribution is 2.21. The van der Waals surface area contributed by atoms with Crippen LogP contribution in [0.25, 0.3) is 0 Å². The molecular weight excluding hydrogens is 330 g/mol. The number of nitrogens with one attached hydrogen (secondary N) is 2. The monoisotopic (exact) mass is 345 g/mol. The number of nitrogens with zero attached hydrogens (tertiary/aromatic N) is 1. The molecule has 0 aliphatic rings. The summed E-state index contributed by atoms with van der Waals surface area (Å²) in [6.07, 6.45) is 1.59. The Kier molecular flexibility index (Phi) is 4.31. The Morgan fingerprint density at radius 2 is 1.91 bits per heavy atom. The van der Waals surface area contributed by atoms with Crippen molar-refractivity contribution in [2.75, 3.05) is 10.0 Å². The predicted octanol–water partition coefficient (Wildman–Crippen LogP) is 4.00. The highest BCUT2D eigenvalue weighted by Gasteiger charge is 2.15. The summed E-state index contributed by atoms with van der Waals surface area (Å²) in [5.74, 6) is 0.285. The second kappa shape index (κ2) is 6.39. The lowest BCUT2D eigenvalue weighted by atomic mass is 10.2. The number of hydrogen-bond acceptors (Lipinski definition) is 5. The molecular formula is C16H15N3O2S2. The summed E-state index contributed by atoms with van der Waals surface area (Å²) in [6.45, 7) is 2.02. The second-order valence-electron chi connectivity index (χ2n) is 4.96. The van der Waals surface area contributed by atoms with Gasteiger partial charge in [-0.2, -0.15) is 0 Å². The molecule has 2 aromatic heterocycles. The van der Waals surface area contributed by atoms with Crippen LogP contribution in [0.1, 0.15) is 5.56 Å². The Balaban J connectivity index is 1.72. The molecule has 1 aromatic carbocycles. The molecule has 2 N–H and O–H groups in total. The summed E-state index contributed by atoms with van der Waals surface area (Å²) in [5.41, 5.74) is 2.90. The van der Waals surface area contributed by atoms with Crippen molar-refractivity contribution < 1.29 is 8.42 Å². The van der Waals surface area contributed by atoms with Crippen molar-refractivity contribution in [3.8, 4) is 0 Å². The van der Waals surface area contributed by atoms with E-state index >= 15 is 0 Å². The Morgan fingerprint density at radius 3 is 2.57 bits per heavy atom. The molecule has 0 saturated heterocycles. The van der Waals surface area contributed by atoms with Crippen molar-refractivity contribution in [2.45, 2.75) is 11.1 Å². The Morgan fingerprint density at radius 1 is 1.04 bits per heavy atom. The van der Waals surface area contributed by atoms with E-state index < -0.39 is 10.0 Å². The van der Waals surface area contributed by atoms with Gasteiger partial charge >= 0.3 is 0 Å². The van der Waals surface area contributed by atoms with Gasteiger partial charge < -0.3 is 5.32 Å². The number of hydrogen-bond donors (Lipinski definition) is 2. The van der Waals surface area contributed by atoms with Crippen molar-refractivity contribution >= 4 is 38.6 Å². The Labute approximate surface area is 139 Å².